The Bertz CT molecular complexity index is 1570. The number of aliphatic carboxylic acids is 2. The first-order chi connectivity index (χ1) is 26.1. The molecule has 1 aromatic rings. The van der Waals surface area contributed by atoms with E-state index < -0.39 is 121 Å². The van der Waals surface area contributed by atoms with Crippen LogP contribution in [0.3, 0.4) is 0 Å². The molecular formula is C36H55N7O13. The zero-order valence-corrected chi connectivity index (χ0v) is 32.5. The predicted octanol–water partition coefficient (Wildman–Crippen LogP) is -1.72. The Morgan fingerprint density at radius 3 is 1.52 bits per heavy atom. The van der Waals surface area contributed by atoms with Crippen LogP contribution in [0.2, 0.25) is 0 Å². The van der Waals surface area contributed by atoms with Gasteiger partial charge in [0.1, 0.15) is 42.0 Å². The van der Waals surface area contributed by atoms with Crippen molar-refractivity contribution in [2.24, 2.45) is 23.5 Å². The molecule has 0 saturated carbocycles. The van der Waals surface area contributed by atoms with Crippen molar-refractivity contribution < 1.29 is 63.2 Å². The third kappa shape index (κ3) is 16.7. The molecular weight excluding hydrogens is 738 g/mol. The lowest BCUT2D eigenvalue weighted by atomic mass is 9.98. The minimum absolute atomic E-state index is 0.00920. The number of nitrogens with two attached hydrogens (primary N) is 1. The molecule has 0 unspecified atom stereocenters. The van der Waals surface area contributed by atoms with Crippen LogP contribution in [-0.2, 0) is 54.3 Å². The molecule has 0 fully saturated rings. The van der Waals surface area contributed by atoms with Crippen LogP contribution < -0.4 is 37.6 Å². The van der Waals surface area contributed by atoms with Crippen LogP contribution in [0.1, 0.15) is 66.4 Å². The molecule has 1 rings (SSSR count). The van der Waals surface area contributed by atoms with E-state index in [2.05, 4.69) is 36.6 Å². The van der Waals surface area contributed by atoms with Gasteiger partial charge in [-0.2, -0.15) is 0 Å². The number of ether oxygens (including phenoxy) is 1. The van der Waals surface area contributed by atoms with E-state index >= 15 is 0 Å². The molecule has 1 aromatic carbocycles. The molecule has 11 N–H and O–H groups in total. The lowest BCUT2D eigenvalue weighted by Gasteiger charge is -2.29. The molecule has 0 bridgehead atoms. The van der Waals surface area contributed by atoms with Crippen LogP contribution in [0.25, 0.3) is 0 Å². The summed E-state index contributed by atoms with van der Waals surface area (Å²) in [6, 6.07) is -2.97. The average Bonchev–Trinajstić information content (AvgIpc) is 3.11. The van der Waals surface area contributed by atoms with Crippen LogP contribution in [0.4, 0.5) is 0 Å². The van der Waals surface area contributed by atoms with Gasteiger partial charge < -0.3 is 57.7 Å². The fourth-order valence-corrected chi connectivity index (χ4v) is 5.24. The Hall–Kier alpha value is -5.79. The molecule has 0 aliphatic carbocycles. The summed E-state index contributed by atoms with van der Waals surface area (Å²) >= 11 is 0. The molecule has 20 nitrogen and oxygen atoms in total. The summed E-state index contributed by atoms with van der Waals surface area (Å²) in [5.41, 5.74) is 6.01. The lowest BCUT2D eigenvalue weighted by molar-refractivity contribution is -0.146. The van der Waals surface area contributed by atoms with Crippen LogP contribution in [-0.4, -0.2) is 119 Å². The van der Waals surface area contributed by atoms with Crippen LogP contribution in [0, 0.1) is 17.8 Å². The maximum Gasteiger partial charge on any atom is 0.326 e. The molecule has 0 aromatic heterocycles. The Morgan fingerprint density at radius 2 is 1.07 bits per heavy atom. The first kappa shape index (κ1) is 48.2. The highest BCUT2D eigenvalue weighted by atomic mass is 16.5. The van der Waals surface area contributed by atoms with Crippen molar-refractivity contribution in [1.29, 1.82) is 0 Å². The molecule has 0 aliphatic heterocycles. The number of hydrogen-bond donors (Lipinski definition) is 10. The van der Waals surface area contributed by atoms with Crippen molar-refractivity contribution in [3.63, 3.8) is 0 Å². The number of carbonyl (C=O) groups is 9. The number of amides is 6. The van der Waals surface area contributed by atoms with E-state index in [-0.39, 0.29) is 24.5 Å². The minimum atomic E-state index is -1.82. The van der Waals surface area contributed by atoms with Crippen molar-refractivity contribution in [3.05, 3.63) is 29.8 Å². The number of carboxylic acid groups (broad SMARTS) is 2. The molecule has 20 heteroatoms. The molecule has 56 heavy (non-hydrogen) atoms. The third-order valence-corrected chi connectivity index (χ3v) is 8.27. The Labute approximate surface area is 324 Å². The zero-order chi connectivity index (χ0) is 42.9. The maximum absolute atomic E-state index is 13.7. The first-order valence-corrected chi connectivity index (χ1v) is 17.9. The number of phenolic OH excluding ortho intramolecular Hbond substituents is 1. The number of phenols is 1. The van der Waals surface area contributed by atoms with Crippen LogP contribution in [0.15, 0.2) is 24.3 Å². The van der Waals surface area contributed by atoms with Gasteiger partial charge in [-0.3, -0.25) is 38.4 Å². The molecule has 0 aliphatic rings. The highest BCUT2D eigenvalue weighted by Crippen LogP contribution is 2.13. The summed E-state index contributed by atoms with van der Waals surface area (Å²) in [4.78, 5) is 115. The quantitative estimate of drug-likeness (QED) is 0.0552. The molecule has 312 valence electrons. The third-order valence-electron chi connectivity index (χ3n) is 8.27. The van der Waals surface area contributed by atoms with E-state index in [4.69, 9.17) is 5.73 Å². The van der Waals surface area contributed by atoms with Gasteiger partial charge in [-0.15, -0.1) is 0 Å². The van der Waals surface area contributed by atoms with Crippen molar-refractivity contribution in [1.82, 2.24) is 31.9 Å². The number of methoxy groups -OCH3 is 1. The van der Waals surface area contributed by atoms with E-state index in [1.54, 1.807) is 53.7 Å². The summed E-state index contributed by atoms with van der Waals surface area (Å²) in [7, 11) is 1.01. The SMILES string of the molecule is COC(=O)C[C@H](NC(=O)[C@@H](NC(=O)[C@@H](NC(=O)[C@H](Cc1ccc(O)cc1)NC(=O)CN)C(C)C)C(C)C)C(=O)N[C@@H](CC(=O)O)C(=O)N[C@@H](CC(C)C)C(=O)O. The zero-order valence-electron chi connectivity index (χ0n) is 32.5. The number of benzene rings is 1. The van der Waals surface area contributed by atoms with Gasteiger partial charge >= 0.3 is 17.9 Å². The van der Waals surface area contributed by atoms with E-state index in [0.717, 1.165) is 7.11 Å². The summed E-state index contributed by atoms with van der Waals surface area (Å²) in [6.45, 7) is 9.32. The van der Waals surface area contributed by atoms with Gasteiger partial charge in [-0.25, -0.2) is 4.79 Å². The fraction of sp³-hybridized carbons (Fsp3) is 0.583. The Balaban J connectivity index is 3.30. The van der Waals surface area contributed by atoms with Crippen molar-refractivity contribution in [2.45, 2.75) is 103 Å². The first-order valence-electron chi connectivity index (χ1n) is 17.9. The summed E-state index contributed by atoms with van der Waals surface area (Å²) < 4.78 is 4.64. The second-order valence-electron chi connectivity index (χ2n) is 14.2. The van der Waals surface area contributed by atoms with Gasteiger partial charge in [0.15, 0.2) is 0 Å². The number of aromatic hydroxyl groups is 1. The monoisotopic (exact) mass is 793 g/mol. The second-order valence-corrected chi connectivity index (χ2v) is 14.2. The predicted molar refractivity (Wildman–Crippen MR) is 198 cm³/mol. The highest BCUT2D eigenvalue weighted by Gasteiger charge is 2.36. The topological polar surface area (TPSA) is 322 Å². The number of nitrogens with one attached hydrogen (secondary N) is 6. The molecule has 0 spiro atoms. The summed E-state index contributed by atoms with van der Waals surface area (Å²) in [5.74, 6) is -10.9. The van der Waals surface area contributed by atoms with Crippen LogP contribution >= 0.6 is 0 Å². The molecule has 0 heterocycles. The maximum atomic E-state index is 13.7. The van der Waals surface area contributed by atoms with Gasteiger partial charge in [-0.05, 0) is 41.9 Å². The van der Waals surface area contributed by atoms with Gasteiger partial charge in [-0.1, -0.05) is 53.7 Å². The van der Waals surface area contributed by atoms with E-state index in [1.165, 1.54) is 12.1 Å². The van der Waals surface area contributed by atoms with E-state index in [9.17, 15) is 58.5 Å². The molecule has 0 radical (unpaired) electrons. The molecule has 6 amide bonds. The lowest BCUT2D eigenvalue weighted by Crippen LogP contribution is -2.61. The normalized spacial score (nSPS) is 14.3. The van der Waals surface area contributed by atoms with Gasteiger partial charge in [0, 0.05) is 6.42 Å². The number of hydrogen-bond acceptors (Lipinski definition) is 12. The standard InChI is InChI=1S/C36H55N7O13/c1-17(2)12-25(36(54)55)41-31(49)23(14-27(46)47)39-32(50)24(15-28(48)56-7)40-34(52)29(18(3)4)43-35(53)30(19(5)6)42-33(51)22(38-26(45)16-37)13-20-8-10-21(44)11-9-20/h8-11,17-19,22-25,29-30,44H,12-16,37H2,1-7H3,(H,38,45)(H,39,50)(H,40,52)(H,41,49)(H,42,51)(H,43,53)(H,46,47)(H,54,55)/t22-,23-,24-,25-,29-,30-/m0/s1. The Morgan fingerprint density at radius 1 is 0.625 bits per heavy atom. The average molecular weight is 794 g/mol. The van der Waals surface area contributed by atoms with Gasteiger partial charge in [0.25, 0.3) is 0 Å². The summed E-state index contributed by atoms with van der Waals surface area (Å²) in [5, 5.41) is 42.9. The van der Waals surface area contributed by atoms with Crippen molar-refractivity contribution in [2.75, 3.05) is 13.7 Å². The molecule has 6 atom stereocenters. The second kappa shape index (κ2) is 23.2. The van der Waals surface area contributed by atoms with Gasteiger partial charge in [0.2, 0.25) is 35.4 Å². The number of carbonyl (C=O) groups excluding carboxylic acids is 7. The van der Waals surface area contributed by atoms with E-state index in [1.807, 2.05) is 0 Å². The highest BCUT2D eigenvalue weighted by molar-refractivity contribution is 5.98. The fourth-order valence-electron chi connectivity index (χ4n) is 5.24. The largest absolute Gasteiger partial charge is 0.508 e. The smallest absolute Gasteiger partial charge is 0.326 e. The van der Waals surface area contributed by atoms with Gasteiger partial charge in [0.05, 0.1) is 26.5 Å². The minimum Gasteiger partial charge on any atom is -0.508 e. The van der Waals surface area contributed by atoms with Crippen LogP contribution in [0.5, 0.6) is 5.75 Å². The van der Waals surface area contributed by atoms with E-state index in [0.29, 0.717) is 5.56 Å². The summed E-state index contributed by atoms with van der Waals surface area (Å²) in [6.07, 6.45) is -1.81. The van der Waals surface area contributed by atoms with Crippen molar-refractivity contribution >= 4 is 53.4 Å². The molecule has 0 saturated heterocycles. The number of rotatable bonds is 23. The Kier molecular flexibility index (Phi) is 20.0. The van der Waals surface area contributed by atoms with Crippen molar-refractivity contribution in [3.8, 4) is 5.75 Å². The number of esters is 1. The number of carboxylic acids is 2.